The Bertz CT molecular complexity index is 625. The maximum Gasteiger partial charge on any atom is 0.255 e. The van der Waals surface area contributed by atoms with Crippen molar-refractivity contribution in [3.05, 3.63) is 41.0 Å². The van der Waals surface area contributed by atoms with Gasteiger partial charge in [0.2, 0.25) is 0 Å². The molecule has 1 aromatic carbocycles. The number of hydrogen-bond donors (Lipinski definition) is 3. The fourth-order valence-corrected chi connectivity index (χ4v) is 2.32. The molecule has 0 unspecified atom stereocenters. The molecule has 2 atom stereocenters. The topological polar surface area (TPSA) is 78.0 Å². The first kappa shape index (κ1) is 16.5. The molecule has 0 saturated carbocycles. The third kappa shape index (κ3) is 3.67. The summed E-state index contributed by atoms with van der Waals surface area (Å²) in [6, 6.07) is 6.89. The van der Waals surface area contributed by atoms with Gasteiger partial charge in [0, 0.05) is 10.6 Å². The van der Waals surface area contributed by atoms with Crippen molar-refractivity contribution in [2.75, 3.05) is 6.61 Å². The summed E-state index contributed by atoms with van der Waals surface area (Å²) in [4.78, 5) is 12.4. The molecule has 0 spiro atoms. The normalized spacial score (nSPS) is 13.6. The lowest BCUT2D eigenvalue weighted by molar-refractivity contribution is 0.0892. The largest absolute Gasteiger partial charge is 0.394 e. The number of H-pyrrole nitrogens is 1. The van der Waals surface area contributed by atoms with E-state index in [0.717, 1.165) is 12.0 Å². The molecular weight excluding hydrogens is 302 g/mol. The van der Waals surface area contributed by atoms with Gasteiger partial charge in [-0.05, 0) is 18.1 Å². The molecular formula is C16H20ClN3O2. The number of carbonyl (C=O) groups is 1. The Labute approximate surface area is 134 Å². The van der Waals surface area contributed by atoms with Crippen LogP contribution in [-0.4, -0.2) is 33.9 Å². The van der Waals surface area contributed by atoms with Crippen LogP contribution >= 0.6 is 11.6 Å². The van der Waals surface area contributed by atoms with Crippen LogP contribution in [0, 0.1) is 5.92 Å². The van der Waals surface area contributed by atoms with Crippen LogP contribution in [0.5, 0.6) is 0 Å². The maximum atomic E-state index is 12.4. The molecule has 3 N–H and O–H groups in total. The molecule has 6 heteroatoms. The lowest BCUT2D eigenvalue weighted by atomic mass is 9.99. The molecule has 1 heterocycles. The average molecular weight is 322 g/mol. The van der Waals surface area contributed by atoms with Crippen molar-refractivity contribution in [3.63, 3.8) is 0 Å². The third-order valence-corrected chi connectivity index (χ3v) is 4.11. The number of amides is 1. The number of nitrogens with zero attached hydrogens (tertiary/aromatic N) is 1. The molecule has 0 aliphatic rings. The van der Waals surface area contributed by atoms with Crippen molar-refractivity contribution >= 4 is 17.5 Å². The van der Waals surface area contributed by atoms with E-state index in [0.29, 0.717) is 16.3 Å². The number of aliphatic hydroxyl groups excluding tert-OH is 1. The van der Waals surface area contributed by atoms with Crippen LogP contribution in [0.15, 0.2) is 30.5 Å². The van der Waals surface area contributed by atoms with Gasteiger partial charge in [-0.2, -0.15) is 5.10 Å². The van der Waals surface area contributed by atoms with E-state index in [9.17, 15) is 9.90 Å². The van der Waals surface area contributed by atoms with Crippen molar-refractivity contribution in [1.29, 1.82) is 0 Å². The van der Waals surface area contributed by atoms with E-state index in [-0.39, 0.29) is 24.5 Å². The quantitative estimate of drug-likeness (QED) is 0.765. The summed E-state index contributed by atoms with van der Waals surface area (Å²) < 4.78 is 0. The summed E-state index contributed by atoms with van der Waals surface area (Å²) >= 11 is 5.88. The molecule has 0 bridgehead atoms. The van der Waals surface area contributed by atoms with E-state index in [2.05, 4.69) is 15.5 Å². The minimum Gasteiger partial charge on any atom is -0.394 e. The third-order valence-electron chi connectivity index (χ3n) is 3.86. The minimum absolute atomic E-state index is 0.0884. The number of hydrogen-bond acceptors (Lipinski definition) is 3. The fraction of sp³-hybridized carbons (Fsp3) is 0.375. The van der Waals surface area contributed by atoms with Crippen LogP contribution in [0.3, 0.4) is 0 Å². The monoisotopic (exact) mass is 321 g/mol. The van der Waals surface area contributed by atoms with Gasteiger partial charge in [-0.15, -0.1) is 0 Å². The highest BCUT2D eigenvalue weighted by atomic mass is 35.5. The molecule has 2 rings (SSSR count). The minimum atomic E-state index is -0.273. The lowest BCUT2D eigenvalue weighted by Crippen LogP contribution is -2.41. The molecule has 118 valence electrons. The van der Waals surface area contributed by atoms with E-state index in [1.807, 2.05) is 26.0 Å². The van der Waals surface area contributed by atoms with Crippen LogP contribution in [-0.2, 0) is 0 Å². The highest BCUT2D eigenvalue weighted by Gasteiger charge is 2.21. The maximum absolute atomic E-state index is 12.4. The molecule has 0 fully saturated rings. The number of halogens is 1. The van der Waals surface area contributed by atoms with Crippen LogP contribution in [0.2, 0.25) is 5.02 Å². The zero-order valence-corrected chi connectivity index (χ0v) is 13.4. The van der Waals surface area contributed by atoms with Crippen LogP contribution in [0.1, 0.15) is 30.6 Å². The molecule has 22 heavy (non-hydrogen) atoms. The summed E-state index contributed by atoms with van der Waals surface area (Å²) in [7, 11) is 0. The number of benzene rings is 1. The molecule has 5 nitrogen and oxygen atoms in total. The van der Waals surface area contributed by atoms with Crippen molar-refractivity contribution in [2.45, 2.75) is 26.3 Å². The fourth-order valence-electron chi connectivity index (χ4n) is 2.19. The van der Waals surface area contributed by atoms with Crippen LogP contribution in [0.25, 0.3) is 11.3 Å². The highest BCUT2D eigenvalue weighted by Crippen LogP contribution is 2.23. The van der Waals surface area contributed by atoms with E-state index >= 15 is 0 Å². The van der Waals surface area contributed by atoms with Crippen molar-refractivity contribution < 1.29 is 9.90 Å². The van der Waals surface area contributed by atoms with Gasteiger partial charge in [-0.1, -0.05) is 44.0 Å². The van der Waals surface area contributed by atoms with E-state index in [4.69, 9.17) is 11.6 Å². The SMILES string of the molecule is CC[C@H](C)[C@@H](CO)NC(=O)c1cn[nH]c1-c1ccc(Cl)cc1. The molecule has 0 aliphatic carbocycles. The van der Waals surface area contributed by atoms with Crippen LogP contribution in [0.4, 0.5) is 0 Å². The zero-order chi connectivity index (χ0) is 16.1. The highest BCUT2D eigenvalue weighted by molar-refractivity contribution is 6.30. The predicted octanol–water partition coefficient (Wildman–Crippen LogP) is 2.87. The summed E-state index contributed by atoms with van der Waals surface area (Å²) in [5.74, 6) is -0.0575. The van der Waals surface area contributed by atoms with E-state index in [1.165, 1.54) is 6.20 Å². The average Bonchev–Trinajstić information content (AvgIpc) is 3.02. The summed E-state index contributed by atoms with van der Waals surface area (Å²) in [6.45, 7) is 3.93. The Balaban J connectivity index is 2.21. The first-order valence-electron chi connectivity index (χ1n) is 7.27. The van der Waals surface area contributed by atoms with Crippen LogP contribution < -0.4 is 5.32 Å². The van der Waals surface area contributed by atoms with Gasteiger partial charge < -0.3 is 10.4 Å². The first-order valence-corrected chi connectivity index (χ1v) is 7.65. The summed E-state index contributed by atoms with van der Waals surface area (Å²) in [5.41, 5.74) is 1.91. The number of aromatic amines is 1. The van der Waals surface area contributed by atoms with Gasteiger partial charge in [-0.3, -0.25) is 9.89 Å². The number of rotatable bonds is 6. The summed E-state index contributed by atoms with van der Waals surface area (Å²) in [6.07, 6.45) is 2.37. The standard InChI is InChI=1S/C16H20ClN3O2/c1-3-10(2)14(9-21)19-16(22)13-8-18-20-15(13)11-4-6-12(17)7-5-11/h4-8,10,14,21H,3,9H2,1-2H3,(H,18,20)(H,19,22)/t10-,14+/m0/s1. The van der Waals surface area contributed by atoms with E-state index in [1.54, 1.807) is 12.1 Å². The number of carbonyl (C=O) groups excluding carboxylic acids is 1. The van der Waals surface area contributed by atoms with Gasteiger partial charge in [0.15, 0.2) is 0 Å². The molecule has 0 saturated heterocycles. The van der Waals surface area contributed by atoms with Gasteiger partial charge in [0.1, 0.15) is 0 Å². The second kappa shape index (κ2) is 7.42. The van der Waals surface area contributed by atoms with Gasteiger partial charge >= 0.3 is 0 Å². The lowest BCUT2D eigenvalue weighted by Gasteiger charge is -2.22. The molecule has 1 aromatic heterocycles. The Hall–Kier alpha value is -1.85. The second-order valence-corrected chi connectivity index (χ2v) is 5.75. The van der Waals surface area contributed by atoms with Crippen molar-refractivity contribution in [3.8, 4) is 11.3 Å². The summed E-state index contributed by atoms with van der Waals surface area (Å²) in [5, 5.41) is 19.7. The van der Waals surface area contributed by atoms with Crippen molar-refractivity contribution in [2.24, 2.45) is 5.92 Å². The smallest absolute Gasteiger partial charge is 0.255 e. The Morgan fingerprint density at radius 2 is 2.09 bits per heavy atom. The number of aromatic nitrogens is 2. The van der Waals surface area contributed by atoms with Crippen molar-refractivity contribution in [1.82, 2.24) is 15.5 Å². The molecule has 1 amide bonds. The Morgan fingerprint density at radius 3 is 2.68 bits per heavy atom. The van der Waals surface area contributed by atoms with Gasteiger partial charge in [0.05, 0.1) is 30.1 Å². The second-order valence-electron chi connectivity index (χ2n) is 5.31. The Kier molecular flexibility index (Phi) is 5.57. The van der Waals surface area contributed by atoms with Gasteiger partial charge in [0.25, 0.3) is 5.91 Å². The molecule has 0 aliphatic heterocycles. The van der Waals surface area contributed by atoms with E-state index < -0.39 is 0 Å². The van der Waals surface area contributed by atoms with Gasteiger partial charge in [-0.25, -0.2) is 0 Å². The predicted molar refractivity (Wildman–Crippen MR) is 86.8 cm³/mol. The number of aliphatic hydroxyl groups is 1. The molecule has 2 aromatic rings. The zero-order valence-electron chi connectivity index (χ0n) is 12.6. The first-order chi connectivity index (χ1) is 10.6. The number of nitrogens with one attached hydrogen (secondary N) is 2. The Morgan fingerprint density at radius 1 is 1.41 bits per heavy atom. The molecule has 0 radical (unpaired) electrons.